The van der Waals surface area contributed by atoms with Gasteiger partial charge in [-0.25, -0.2) is 19.7 Å². The minimum Gasteiger partial charge on any atom is -0.465 e. The second-order valence-corrected chi connectivity index (χ2v) is 6.29. The Hall–Kier alpha value is -2.74. The number of carbonyl (C=O) groups is 1. The van der Waals surface area contributed by atoms with Gasteiger partial charge in [0.05, 0.1) is 12.5 Å². The molecule has 0 aliphatic carbocycles. The van der Waals surface area contributed by atoms with Crippen LogP contribution in [0.1, 0.15) is 26.6 Å². The first-order valence-corrected chi connectivity index (χ1v) is 8.11. The monoisotopic (exact) mass is 343 g/mol. The van der Waals surface area contributed by atoms with E-state index in [1.165, 1.54) is 18.4 Å². The third kappa shape index (κ3) is 3.00. The number of aromatic nitrogens is 3. The molecule has 0 fully saturated rings. The number of ether oxygens (including phenoxy) is 1. The number of hydrogen-bond acceptors (Lipinski definition) is 8. The Morgan fingerprint density at radius 1 is 1.33 bits per heavy atom. The fourth-order valence-electron chi connectivity index (χ4n) is 2.39. The van der Waals surface area contributed by atoms with Gasteiger partial charge in [0.15, 0.2) is 0 Å². The van der Waals surface area contributed by atoms with Gasteiger partial charge in [-0.2, -0.15) is 0 Å². The van der Waals surface area contributed by atoms with E-state index in [0.29, 0.717) is 28.9 Å². The van der Waals surface area contributed by atoms with Crippen molar-refractivity contribution in [2.75, 3.05) is 18.2 Å². The van der Waals surface area contributed by atoms with E-state index in [1.54, 1.807) is 12.3 Å². The maximum Gasteiger partial charge on any atom is 0.348 e. The lowest BCUT2D eigenvalue weighted by Crippen LogP contribution is -2.05. The second kappa shape index (κ2) is 6.40. The van der Waals surface area contributed by atoms with E-state index >= 15 is 0 Å². The molecule has 0 spiro atoms. The highest BCUT2D eigenvalue weighted by atomic mass is 32.1. The molecule has 0 saturated carbocycles. The molecule has 0 aliphatic rings. The Morgan fingerprint density at radius 2 is 2.12 bits per heavy atom. The van der Waals surface area contributed by atoms with Crippen LogP contribution >= 0.6 is 11.3 Å². The van der Waals surface area contributed by atoms with Crippen molar-refractivity contribution < 1.29 is 9.53 Å². The standard InChI is InChI=1S/C16H17N5O2S/c1-8-12-14(19-7-10-4-5-11(17)18-6-10)20-9(2)21-15(12)24-13(8)16(22)23-3/h4-6H,7H2,1-3H3,(H2,17,18)(H,19,20,21). The van der Waals surface area contributed by atoms with Gasteiger partial charge in [0, 0.05) is 12.7 Å². The summed E-state index contributed by atoms with van der Waals surface area (Å²) in [5, 5.41) is 4.14. The number of nitrogens with two attached hydrogens (primary N) is 1. The fourth-order valence-corrected chi connectivity index (χ4v) is 3.53. The molecule has 0 aromatic carbocycles. The molecule has 3 aromatic heterocycles. The number of thiophene rings is 1. The molecule has 3 heterocycles. The minimum absolute atomic E-state index is 0.359. The lowest BCUT2D eigenvalue weighted by atomic mass is 10.2. The zero-order valence-electron chi connectivity index (χ0n) is 13.6. The van der Waals surface area contributed by atoms with Crippen LogP contribution in [-0.2, 0) is 11.3 Å². The summed E-state index contributed by atoms with van der Waals surface area (Å²) in [7, 11) is 1.37. The Labute approximate surface area is 142 Å². The van der Waals surface area contributed by atoms with Gasteiger partial charge >= 0.3 is 5.97 Å². The van der Waals surface area contributed by atoms with E-state index in [2.05, 4.69) is 20.3 Å². The largest absolute Gasteiger partial charge is 0.465 e. The van der Waals surface area contributed by atoms with Gasteiger partial charge in [-0.1, -0.05) is 6.07 Å². The normalized spacial score (nSPS) is 10.8. The Balaban J connectivity index is 1.98. The topological polar surface area (TPSA) is 103 Å². The number of aryl methyl sites for hydroxylation is 2. The molecule has 0 amide bonds. The molecular formula is C16H17N5O2S. The van der Waals surface area contributed by atoms with Crippen LogP contribution in [0.2, 0.25) is 0 Å². The van der Waals surface area contributed by atoms with Crippen molar-refractivity contribution in [1.82, 2.24) is 15.0 Å². The molecule has 0 saturated heterocycles. The number of pyridine rings is 1. The molecule has 7 nitrogen and oxygen atoms in total. The van der Waals surface area contributed by atoms with E-state index in [9.17, 15) is 4.79 Å². The third-order valence-corrected chi connectivity index (χ3v) is 4.75. The predicted octanol–water partition coefficient (Wildman–Crippen LogP) is 2.68. The number of nitrogens with one attached hydrogen (secondary N) is 1. The molecule has 3 rings (SSSR count). The van der Waals surface area contributed by atoms with E-state index in [4.69, 9.17) is 10.5 Å². The van der Waals surface area contributed by atoms with Crippen LogP contribution in [0.5, 0.6) is 0 Å². The number of anilines is 2. The summed E-state index contributed by atoms with van der Waals surface area (Å²) in [6.45, 7) is 4.24. The number of methoxy groups -OCH3 is 1. The van der Waals surface area contributed by atoms with Crippen molar-refractivity contribution in [3.05, 3.63) is 40.2 Å². The quantitative estimate of drug-likeness (QED) is 0.702. The van der Waals surface area contributed by atoms with E-state index in [1.807, 2.05) is 19.9 Å². The smallest absolute Gasteiger partial charge is 0.348 e. The van der Waals surface area contributed by atoms with E-state index < -0.39 is 0 Å². The average Bonchev–Trinajstić information content (AvgIpc) is 2.90. The summed E-state index contributed by atoms with van der Waals surface area (Å²) in [5.74, 6) is 1.45. The number of esters is 1. The van der Waals surface area contributed by atoms with Crippen LogP contribution in [0.25, 0.3) is 10.2 Å². The molecule has 0 bridgehead atoms. The van der Waals surface area contributed by atoms with Crippen molar-refractivity contribution in [1.29, 1.82) is 0 Å². The first-order valence-electron chi connectivity index (χ1n) is 7.30. The van der Waals surface area contributed by atoms with Crippen molar-refractivity contribution >= 4 is 39.2 Å². The maximum atomic E-state index is 11.9. The van der Waals surface area contributed by atoms with Gasteiger partial charge in [-0.05, 0) is 31.0 Å². The molecule has 0 atom stereocenters. The molecule has 0 radical (unpaired) electrons. The van der Waals surface area contributed by atoms with Crippen molar-refractivity contribution in [2.45, 2.75) is 20.4 Å². The molecular weight excluding hydrogens is 326 g/mol. The predicted molar refractivity (Wildman–Crippen MR) is 94.2 cm³/mol. The first-order chi connectivity index (χ1) is 11.5. The Morgan fingerprint density at radius 3 is 2.79 bits per heavy atom. The van der Waals surface area contributed by atoms with E-state index in [-0.39, 0.29) is 5.97 Å². The van der Waals surface area contributed by atoms with Gasteiger partial charge in [0.25, 0.3) is 0 Å². The summed E-state index contributed by atoms with van der Waals surface area (Å²) in [6, 6.07) is 3.66. The van der Waals surface area contributed by atoms with Gasteiger partial charge in [0.1, 0.15) is 27.2 Å². The molecule has 3 aromatic rings. The highest BCUT2D eigenvalue weighted by molar-refractivity contribution is 7.20. The second-order valence-electron chi connectivity index (χ2n) is 5.29. The number of rotatable bonds is 4. The first kappa shape index (κ1) is 16.1. The number of fused-ring (bicyclic) bond motifs is 1. The zero-order valence-corrected chi connectivity index (χ0v) is 14.4. The van der Waals surface area contributed by atoms with Gasteiger partial charge < -0.3 is 15.8 Å². The molecule has 24 heavy (non-hydrogen) atoms. The molecule has 8 heteroatoms. The fraction of sp³-hybridized carbons (Fsp3) is 0.250. The third-order valence-electron chi connectivity index (χ3n) is 3.58. The van der Waals surface area contributed by atoms with Gasteiger partial charge in [-0.15, -0.1) is 11.3 Å². The number of carbonyl (C=O) groups excluding carboxylic acids is 1. The van der Waals surface area contributed by atoms with E-state index in [0.717, 1.165) is 21.3 Å². The maximum absolute atomic E-state index is 11.9. The van der Waals surface area contributed by atoms with Gasteiger partial charge in [0.2, 0.25) is 0 Å². The summed E-state index contributed by atoms with van der Waals surface area (Å²) in [6.07, 6.45) is 1.72. The zero-order chi connectivity index (χ0) is 17.3. The molecule has 3 N–H and O–H groups in total. The highest BCUT2D eigenvalue weighted by Gasteiger charge is 2.20. The summed E-state index contributed by atoms with van der Waals surface area (Å²) < 4.78 is 4.84. The van der Waals surface area contributed by atoms with Crippen molar-refractivity contribution in [3.63, 3.8) is 0 Å². The van der Waals surface area contributed by atoms with Crippen LogP contribution in [0, 0.1) is 13.8 Å². The SMILES string of the molecule is COC(=O)c1sc2nc(C)nc(NCc3ccc(N)nc3)c2c1C. The Bertz CT molecular complexity index is 905. The van der Waals surface area contributed by atoms with Crippen LogP contribution in [0.4, 0.5) is 11.6 Å². The summed E-state index contributed by atoms with van der Waals surface area (Å²) in [4.78, 5) is 26.2. The highest BCUT2D eigenvalue weighted by Crippen LogP contribution is 2.34. The lowest BCUT2D eigenvalue weighted by Gasteiger charge is -2.08. The Kier molecular flexibility index (Phi) is 4.30. The van der Waals surface area contributed by atoms with Crippen molar-refractivity contribution in [3.8, 4) is 0 Å². The van der Waals surface area contributed by atoms with Crippen LogP contribution < -0.4 is 11.1 Å². The number of nitrogen functional groups attached to an aromatic ring is 1. The molecule has 0 aliphatic heterocycles. The molecule has 124 valence electrons. The minimum atomic E-state index is -0.359. The summed E-state index contributed by atoms with van der Waals surface area (Å²) in [5.41, 5.74) is 7.40. The van der Waals surface area contributed by atoms with Crippen LogP contribution in [0.3, 0.4) is 0 Å². The molecule has 0 unspecified atom stereocenters. The number of nitrogens with zero attached hydrogens (tertiary/aromatic N) is 3. The average molecular weight is 343 g/mol. The number of hydrogen-bond donors (Lipinski definition) is 2. The van der Waals surface area contributed by atoms with Crippen molar-refractivity contribution in [2.24, 2.45) is 0 Å². The summed E-state index contributed by atoms with van der Waals surface area (Å²) >= 11 is 1.31. The van der Waals surface area contributed by atoms with Crippen LogP contribution in [-0.4, -0.2) is 28.0 Å². The lowest BCUT2D eigenvalue weighted by molar-refractivity contribution is 0.0605. The van der Waals surface area contributed by atoms with Crippen LogP contribution in [0.15, 0.2) is 18.3 Å². The van der Waals surface area contributed by atoms with Gasteiger partial charge in [-0.3, -0.25) is 0 Å².